The number of fused-ring (bicyclic) bond motifs is 1. The highest BCUT2D eigenvalue weighted by molar-refractivity contribution is 7.15. The molecule has 1 N–H and O–H groups in total. The van der Waals surface area contributed by atoms with E-state index in [1.54, 1.807) is 12.3 Å². The zero-order chi connectivity index (χ0) is 16.5. The van der Waals surface area contributed by atoms with Crippen molar-refractivity contribution in [3.8, 4) is 11.3 Å². The lowest BCUT2D eigenvalue weighted by Gasteiger charge is -2.15. The lowest BCUT2D eigenvalue weighted by atomic mass is 10.1. The summed E-state index contributed by atoms with van der Waals surface area (Å²) in [6.07, 6.45) is 8.55. The molecule has 0 radical (unpaired) electrons. The van der Waals surface area contributed by atoms with Crippen LogP contribution < -0.4 is 5.32 Å². The van der Waals surface area contributed by atoms with Crippen molar-refractivity contribution in [3.05, 3.63) is 35.4 Å². The minimum absolute atomic E-state index is 0.313. The molecule has 0 amide bonds. The van der Waals surface area contributed by atoms with Crippen molar-refractivity contribution in [3.63, 3.8) is 0 Å². The number of nitrogens with zero attached hydrogens (tertiary/aromatic N) is 3. The molecular formula is C17H17FN4OS. The number of nitrogens with one attached hydrogen (secondary N) is 1. The molecule has 1 saturated carbocycles. The summed E-state index contributed by atoms with van der Waals surface area (Å²) in [5, 5.41) is 5.48. The molecule has 1 aliphatic carbocycles. The first-order valence-electron chi connectivity index (χ1n) is 8.07. The van der Waals surface area contributed by atoms with Crippen LogP contribution >= 0.6 is 11.3 Å². The van der Waals surface area contributed by atoms with Crippen LogP contribution in [0, 0.1) is 5.82 Å². The standard InChI is InChI=1S/C17H17FN4OS/c18-14-9-19-7-5-13(14)15-16(20-11-3-1-2-4-11)22-12(6-8-23)10-24-17(22)21-15/h5,7-11,20H,1-4,6H2. The Balaban J connectivity index is 1.88. The van der Waals surface area contributed by atoms with E-state index in [0.717, 1.165) is 35.6 Å². The molecule has 1 aliphatic rings. The van der Waals surface area contributed by atoms with Crippen molar-refractivity contribution in [2.75, 3.05) is 5.32 Å². The van der Waals surface area contributed by atoms with Gasteiger partial charge in [-0.05, 0) is 18.9 Å². The van der Waals surface area contributed by atoms with Crippen LogP contribution in [0.2, 0.25) is 0 Å². The average molecular weight is 344 g/mol. The van der Waals surface area contributed by atoms with E-state index in [9.17, 15) is 9.18 Å². The van der Waals surface area contributed by atoms with E-state index < -0.39 is 5.82 Å². The summed E-state index contributed by atoms with van der Waals surface area (Å²) < 4.78 is 16.2. The van der Waals surface area contributed by atoms with Gasteiger partial charge in [0.2, 0.25) is 0 Å². The fourth-order valence-corrected chi connectivity index (χ4v) is 4.20. The van der Waals surface area contributed by atoms with E-state index >= 15 is 0 Å². The van der Waals surface area contributed by atoms with Gasteiger partial charge in [0.25, 0.3) is 0 Å². The third-order valence-electron chi connectivity index (χ3n) is 4.45. The molecule has 0 spiro atoms. The van der Waals surface area contributed by atoms with Gasteiger partial charge < -0.3 is 10.1 Å². The minimum Gasteiger partial charge on any atom is -0.367 e. The van der Waals surface area contributed by atoms with Crippen molar-refractivity contribution in [2.45, 2.75) is 38.1 Å². The van der Waals surface area contributed by atoms with Gasteiger partial charge in [-0.25, -0.2) is 9.37 Å². The number of hydrogen-bond acceptors (Lipinski definition) is 5. The monoisotopic (exact) mass is 344 g/mol. The maximum absolute atomic E-state index is 14.3. The van der Waals surface area contributed by atoms with E-state index in [0.29, 0.717) is 23.7 Å². The number of pyridine rings is 1. The highest BCUT2D eigenvalue weighted by Crippen LogP contribution is 2.35. The van der Waals surface area contributed by atoms with Crippen LogP contribution in [0.4, 0.5) is 10.2 Å². The van der Waals surface area contributed by atoms with Crippen LogP contribution in [0.15, 0.2) is 23.8 Å². The largest absolute Gasteiger partial charge is 0.367 e. The molecule has 3 heterocycles. The number of carbonyl (C=O) groups excluding carboxylic acids is 1. The topological polar surface area (TPSA) is 59.3 Å². The second-order valence-electron chi connectivity index (χ2n) is 6.01. The SMILES string of the molecule is O=CCc1csc2nc(-c3ccncc3F)c(NC3CCCC3)n12. The van der Waals surface area contributed by atoms with Gasteiger partial charge in [0.1, 0.15) is 17.8 Å². The van der Waals surface area contributed by atoms with Gasteiger partial charge >= 0.3 is 0 Å². The van der Waals surface area contributed by atoms with Gasteiger partial charge in [0.15, 0.2) is 10.8 Å². The quantitative estimate of drug-likeness (QED) is 0.717. The summed E-state index contributed by atoms with van der Waals surface area (Å²) in [7, 11) is 0. The molecule has 0 atom stereocenters. The molecular weight excluding hydrogens is 327 g/mol. The number of imidazole rings is 1. The van der Waals surface area contributed by atoms with Gasteiger partial charge in [0.05, 0.1) is 6.20 Å². The van der Waals surface area contributed by atoms with Gasteiger partial charge in [0, 0.05) is 35.3 Å². The minimum atomic E-state index is -0.394. The van der Waals surface area contributed by atoms with E-state index in [-0.39, 0.29) is 0 Å². The van der Waals surface area contributed by atoms with Crippen LogP contribution in [-0.4, -0.2) is 26.7 Å². The van der Waals surface area contributed by atoms with Crippen LogP contribution in [0.25, 0.3) is 16.2 Å². The van der Waals surface area contributed by atoms with Gasteiger partial charge in [-0.3, -0.25) is 9.38 Å². The van der Waals surface area contributed by atoms with E-state index in [4.69, 9.17) is 0 Å². The first-order chi connectivity index (χ1) is 11.8. The Hall–Kier alpha value is -2.28. The number of thiazole rings is 1. The Morgan fingerprint density at radius 2 is 2.25 bits per heavy atom. The van der Waals surface area contributed by atoms with Crippen LogP contribution in [0.5, 0.6) is 0 Å². The summed E-state index contributed by atoms with van der Waals surface area (Å²) in [5.74, 6) is 0.384. The first kappa shape index (κ1) is 15.3. The fraction of sp³-hybridized carbons (Fsp3) is 0.353. The Labute approximate surface area is 142 Å². The number of anilines is 1. The molecule has 24 heavy (non-hydrogen) atoms. The zero-order valence-corrected chi connectivity index (χ0v) is 13.9. The molecule has 0 unspecified atom stereocenters. The van der Waals surface area contributed by atoms with E-state index in [1.165, 1.54) is 30.4 Å². The van der Waals surface area contributed by atoms with Crippen LogP contribution in [0.3, 0.4) is 0 Å². The average Bonchev–Trinajstić information content (AvgIpc) is 3.28. The zero-order valence-electron chi connectivity index (χ0n) is 13.0. The van der Waals surface area contributed by atoms with Crippen molar-refractivity contribution >= 4 is 28.4 Å². The smallest absolute Gasteiger partial charge is 0.196 e. The predicted molar refractivity (Wildman–Crippen MR) is 91.9 cm³/mol. The van der Waals surface area contributed by atoms with Crippen molar-refractivity contribution in [2.24, 2.45) is 0 Å². The Bertz CT molecular complexity index is 882. The first-order valence-corrected chi connectivity index (χ1v) is 8.94. The molecule has 7 heteroatoms. The van der Waals surface area contributed by atoms with Gasteiger partial charge in [-0.15, -0.1) is 11.3 Å². The fourth-order valence-electron chi connectivity index (χ4n) is 3.30. The molecule has 5 nitrogen and oxygen atoms in total. The van der Waals surface area contributed by atoms with Gasteiger partial charge in [-0.1, -0.05) is 12.8 Å². The van der Waals surface area contributed by atoms with Gasteiger partial charge in [-0.2, -0.15) is 0 Å². The molecule has 0 saturated heterocycles. The lowest BCUT2D eigenvalue weighted by molar-refractivity contribution is -0.107. The summed E-state index contributed by atoms with van der Waals surface area (Å²) in [6, 6.07) is 2.00. The molecule has 0 aliphatic heterocycles. The maximum Gasteiger partial charge on any atom is 0.196 e. The van der Waals surface area contributed by atoms with E-state index in [1.807, 2.05) is 9.78 Å². The third kappa shape index (κ3) is 2.58. The Kier molecular flexibility index (Phi) is 4.02. The summed E-state index contributed by atoms with van der Waals surface area (Å²) in [5.41, 5.74) is 1.89. The van der Waals surface area contributed by atoms with Crippen molar-refractivity contribution in [1.82, 2.24) is 14.4 Å². The Morgan fingerprint density at radius 1 is 1.42 bits per heavy atom. The van der Waals surface area contributed by atoms with Crippen LogP contribution in [-0.2, 0) is 11.2 Å². The predicted octanol–water partition coefficient (Wildman–Crippen LogP) is 3.69. The summed E-state index contributed by atoms with van der Waals surface area (Å²) >= 11 is 1.46. The highest BCUT2D eigenvalue weighted by atomic mass is 32.1. The second kappa shape index (κ2) is 6.32. The van der Waals surface area contributed by atoms with E-state index in [2.05, 4.69) is 15.3 Å². The molecule has 3 aromatic rings. The number of aromatic nitrogens is 3. The summed E-state index contributed by atoms with van der Waals surface area (Å²) in [4.78, 5) is 20.2. The highest BCUT2D eigenvalue weighted by Gasteiger charge is 2.24. The number of rotatable bonds is 5. The lowest BCUT2D eigenvalue weighted by Crippen LogP contribution is -2.17. The molecule has 0 aromatic carbocycles. The number of hydrogen-bond donors (Lipinski definition) is 1. The number of aldehydes is 1. The molecule has 3 aromatic heterocycles. The third-order valence-corrected chi connectivity index (χ3v) is 5.32. The molecule has 0 bridgehead atoms. The maximum atomic E-state index is 14.3. The second-order valence-corrected chi connectivity index (χ2v) is 6.84. The Morgan fingerprint density at radius 3 is 3.00 bits per heavy atom. The molecule has 124 valence electrons. The van der Waals surface area contributed by atoms with Crippen molar-refractivity contribution in [1.29, 1.82) is 0 Å². The number of halogens is 1. The molecule has 4 rings (SSSR count). The van der Waals surface area contributed by atoms with Crippen molar-refractivity contribution < 1.29 is 9.18 Å². The normalized spacial score (nSPS) is 15.2. The molecule has 1 fully saturated rings. The van der Waals surface area contributed by atoms with Crippen LogP contribution in [0.1, 0.15) is 31.4 Å². The number of carbonyl (C=O) groups is 1. The summed E-state index contributed by atoms with van der Waals surface area (Å²) in [6.45, 7) is 0.